The molecule has 0 aromatic rings. The molecule has 2 amide bonds. The van der Waals surface area contributed by atoms with Gasteiger partial charge in [0.25, 0.3) is 0 Å². The molecule has 1 aliphatic heterocycles. The molecule has 2 aliphatic rings. The quantitative estimate of drug-likeness (QED) is 0.827. The molecule has 2 fully saturated rings. The molecule has 0 aromatic heterocycles. The van der Waals surface area contributed by atoms with E-state index in [4.69, 9.17) is 0 Å². The first-order valence-corrected chi connectivity index (χ1v) is 6.98. The zero-order valence-corrected chi connectivity index (χ0v) is 11.9. The monoisotopic (exact) mass is 252 g/mol. The Bertz CT molecular complexity index is 376. The molecule has 1 heterocycles. The fourth-order valence-corrected chi connectivity index (χ4v) is 2.62. The van der Waals surface area contributed by atoms with Gasteiger partial charge in [0.2, 0.25) is 11.8 Å². The van der Waals surface area contributed by atoms with Crippen LogP contribution in [-0.2, 0) is 9.59 Å². The number of carbonyl (C=O) groups excluding carboxylic acids is 2. The average molecular weight is 252 g/mol. The molecular weight excluding hydrogens is 228 g/mol. The zero-order chi connectivity index (χ0) is 13.6. The van der Waals surface area contributed by atoms with Crippen LogP contribution in [0.2, 0.25) is 0 Å². The van der Waals surface area contributed by atoms with E-state index >= 15 is 0 Å². The van der Waals surface area contributed by atoms with E-state index in [9.17, 15) is 9.59 Å². The Labute approximate surface area is 109 Å². The Morgan fingerprint density at radius 2 is 1.89 bits per heavy atom. The van der Waals surface area contributed by atoms with Crippen molar-refractivity contribution in [1.82, 2.24) is 10.2 Å². The second kappa shape index (κ2) is 4.25. The smallest absolute Gasteiger partial charge is 0.248 e. The minimum atomic E-state index is -0.714. The highest BCUT2D eigenvalue weighted by molar-refractivity contribution is 5.99. The number of nitrogens with one attached hydrogen (secondary N) is 1. The SMILES string of the molecule is CCC1C(=O)NC(C)(CC)C(=O)N1CC1(C)CC1. The lowest BCUT2D eigenvalue weighted by Gasteiger charge is -2.45. The highest BCUT2D eigenvalue weighted by Crippen LogP contribution is 2.46. The van der Waals surface area contributed by atoms with Crippen molar-refractivity contribution in [1.29, 1.82) is 0 Å². The summed E-state index contributed by atoms with van der Waals surface area (Å²) in [6, 6.07) is -0.283. The number of hydrogen-bond donors (Lipinski definition) is 1. The van der Waals surface area contributed by atoms with E-state index in [1.165, 1.54) is 0 Å². The van der Waals surface area contributed by atoms with Gasteiger partial charge in [-0.3, -0.25) is 9.59 Å². The van der Waals surface area contributed by atoms with Crippen molar-refractivity contribution >= 4 is 11.8 Å². The maximum Gasteiger partial charge on any atom is 0.248 e. The molecule has 0 aromatic carbocycles. The molecule has 102 valence electrons. The first-order chi connectivity index (χ1) is 8.35. The third-order valence-corrected chi connectivity index (χ3v) is 4.56. The molecule has 1 N–H and O–H groups in total. The van der Waals surface area contributed by atoms with Gasteiger partial charge in [0.1, 0.15) is 11.6 Å². The van der Waals surface area contributed by atoms with Gasteiger partial charge in [-0.1, -0.05) is 20.8 Å². The van der Waals surface area contributed by atoms with Crippen molar-refractivity contribution in [2.45, 2.75) is 65.0 Å². The molecular formula is C14H24N2O2. The number of carbonyl (C=O) groups is 2. The van der Waals surface area contributed by atoms with Crippen LogP contribution >= 0.6 is 0 Å². The van der Waals surface area contributed by atoms with Gasteiger partial charge in [0.15, 0.2) is 0 Å². The van der Waals surface area contributed by atoms with Crippen LogP contribution in [0, 0.1) is 5.41 Å². The van der Waals surface area contributed by atoms with E-state index in [-0.39, 0.29) is 23.3 Å². The lowest BCUT2D eigenvalue weighted by molar-refractivity contribution is -0.155. The van der Waals surface area contributed by atoms with Crippen LogP contribution in [0.1, 0.15) is 53.4 Å². The van der Waals surface area contributed by atoms with E-state index < -0.39 is 5.54 Å². The van der Waals surface area contributed by atoms with Gasteiger partial charge in [-0.05, 0) is 38.0 Å². The summed E-state index contributed by atoms with van der Waals surface area (Å²) < 4.78 is 0. The van der Waals surface area contributed by atoms with Crippen LogP contribution < -0.4 is 5.32 Å². The summed E-state index contributed by atoms with van der Waals surface area (Å²) in [6.07, 6.45) is 3.66. The Morgan fingerprint density at radius 3 is 2.33 bits per heavy atom. The molecule has 4 heteroatoms. The number of nitrogens with zero attached hydrogens (tertiary/aromatic N) is 1. The van der Waals surface area contributed by atoms with Crippen molar-refractivity contribution in [3.05, 3.63) is 0 Å². The van der Waals surface area contributed by atoms with Crippen LogP contribution in [0.3, 0.4) is 0 Å². The van der Waals surface area contributed by atoms with Crippen LogP contribution in [0.25, 0.3) is 0 Å². The summed E-state index contributed by atoms with van der Waals surface area (Å²) >= 11 is 0. The standard InChI is InChI=1S/C14H24N2O2/c1-5-10-11(17)15-14(4,6-2)12(18)16(10)9-13(3)7-8-13/h10H,5-9H2,1-4H3,(H,15,17). The third-order valence-electron chi connectivity index (χ3n) is 4.56. The Morgan fingerprint density at radius 1 is 1.28 bits per heavy atom. The predicted octanol–water partition coefficient (Wildman–Crippen LogP) is 1.69. The summed E-state index contributed by atoms with van der Waals surface area (Å²) in [7, 11) is 0. The van der Waals surface area contributed by atoms with Crippen LogP contribution in [0.5, 0.6) is 0 Å². The summed E-state index contributed by atoms with van der Waals surface area (Å²) in [5, 5.41) is 2.90. The van der Waals surface area contributed by atoms with Gasteiger partial charge >= 0.3 is 0 Å². The lowest BCUT2D eigenvalue weighted by atomic mass is 9.90. The number of amides is 2. The molecule has 18 heavy (non-hydrogen) atoms. The topological polar surface area (TPSA) is 49.4 Å². The number of rotatable bonds is 4. The van der Waals surface area contributed by atoms with Gasteiger partial charge < -0.3 is 10.2 Å². The van der Waals surface area contributed by atoms with Crippen molar-refractivity contribution in [2.24, 2.45) is 5.41 Å². The molecule has 0 radical (unpaired) electrons. The first-order valence-electron chi connectivity index (χ1n) is 6.98. The molecule has 2 atom stereocenters. The lowest BCUT2D eigenvalue weighted by Crippen LogP contribution is -2.69. The summed E-state index contributed by atoms with van der Waals surface area (Å²) in [6.45, 7) is 8.67. The Kier molecular flexibility index (Phi) is 3.16. The average Bonchev–Trinajstić information content (AvgIpc) is 3.04. The molecule has 1 aliphatic carbocycles. The fraction of sp³-hybridized carbons (Fsp3) is 0.857. The van der Waals surface area contributed by atoms with Crippen LogP contribution in [-0.4, -0.2) is 34.8 Å². The fourth-order valence-electron chi connectivity index (χ4n) is 2.62. The largest absolute Gasteiger partial charge is 0.340 e. The summed E-state index contributed by atoms with van der Waals surface area (Å²) in [5.41, 5.74) is -0.469. The zero-order valence-electron chi connectivity index (χ0n) is 11.9. The van der Waals surface area contributed by atoms with E-state index in [1.807, 2.05) is 25.7 Å². The second-order valence-corrected chi connectivity index (χ2v) is 6.34. The second-order valence-electron chi connectivity index (χ2n) is 6.34. The molecule has 2 rings (SSSR count). The van der Waals surface area contributed by atoms with E-state index in [1.54, 1.807) is 0 Å². The van der Waals surface area contributed by atoms with Gasteiger partial charge in [-0.15, -0.1) is 0 Å². The van der Waals surface area contributed by atoms with Crippen molar-refractivity contribution in [2.75, 3.05) is 6.54 Å². The molecule has 0 spiro atoms. The highest BCUT2D eigenvalue weighted by atomic mass is 16.2. The van der Waals surface area contributed by atoms with Crippen LogP contribution in [0.4, 0.5) is 0 Å². The van der Waals surface area contributed by atoms with Gasteiger partial charge in [0, 0.05) is 6.54 Å². The maximum atomic E-state index is 12.6. The number of hydrogen-bond acceptors (Lipinski definition) is 2. The normalized spacial score (nSPS) is 34.4. The minimum Gasteiger partial charge on any atom is -0.340 e. The Balaban J connectivity index is 2.24. The maximum absolute atomic E-state index is 12.6. The van der Waals surface area contributed by atoms with Crippen molar-refractivity contribution in [3.8, 4) is 0 Å². The highest BCUT2D eigenvalue weighted by Gasteiger charge is 2.50. The Hall–Kier alpha value is -1.06. The van der Waals surface area contributed by atoms with Gasteiger partial charge in [0.05, 0.1) is 0 Å². The third kappa shape index (κ3) is 2.13. The minimum absolute atomic E-state index is 0.00528. The number of piperazine rings is 1. The van der Waals surface area contributed by atoms with Gasteiger partial charge in [-0.2, -0.15) is 0 Å². The summed E-state index contributed by atoms with van der Waals surface area (Å²) in [5.74, 6) is 0.0928. The van der Waals surface area contributed by atoms with E-state index in [0.717, 1.165) is 19.4 Å². The van der Waals surface area contributed by atoms with E-state index in [2.05, 4.69) is 12.2 Å². The first kappa shape index (κ1) is 13.4. The predicted molar refractivity (Wildman–Crippen MR) is 70.0 cm³/mol. The van der Waals surface area contributed by atoms with E-state index in [0.29, 0.717) is 12.8 Å². The molecule has 1 saturated carbocycles. The molecule has 2 unspecified atom stereocenters. The van der Waals surface area contributed by atoms with Crippen molar-refractivity contribution < 1.29 is 9.59 Å². The van der Waals surface area contributed by atoms with Crippen molar-refractivity contribution in [3.63, 3.8) is 0 Å². The molecule has 4 nitrogen and oxygen atoms in total. The molecule has 0 bridgehead atoms. The summed E-state index contributed by atoms with van der Waals surface area (Å²) in [4.78, 5) is 26.6. The molecule has 1 saturated heterocycles. The van der Waals surface area contributed by atoms with Crippen LogP contribution in [0.15, 0.2) is 0 Å². The van der Waals surface area contributed by atoms with Gasteiger partial charge in [-0.25, -0.2) is 0 Å².